The number of amides is 2. The molecule has 2 rings (SSSR count). The number of nitrogens with two attached hydrogens (primary N) is 1. The maximum Gasteiger partial charge on any atom is 0.278 e. The molecule has 0 aromatic heterocycles. The Morgan fingerprint density at radius 1 is 1.16 bits per heavy atom. The van der Waals surface area contributed by atoms with Gasteiger partial charge in [-0.15, -0.1) is 0 Å². The Bertz CT molecular complexity index is 343. The van der Waals surface area contributed by atoms with Crippen molar-refractivity contribution in [3.05, 3.63) is 0 Å². The Balaban J connectivity index is 2.06. The van der Waals surface area contributed by atoms with Crippen LogP contribution in [-0.2, 0) is 9.59 Å². The molecule has 2 aliphatic rings. The summed E-state index contributed by atoms with van der Waals surface area (Å²) in [6, 6.07) is 0. The van der Waals surface area contributed by atoms with Gasteiger partial charge in [0.2, 0.25) is 5.91 Å². The molecule has 0 spiro atoms. The second kappa shape index (κ2) is 5.90. The van der Waals surface area contributed by atoms with Gasteiger partial charge in [0.15, 0.2) is 5.54 Å². The first-order chi connectivity index (χ1) is 9.10. The minimum atomic E-state index is -0.426. The van der Waals surface area contributed by atoms with Crippen molar-refractivity contribution >= 4 is 11.8 Å². The summed E-state index contributed by atoms with van der Waals surface area (Å²) in [5.41, 5.74) is 5.30. The molecule has 2 amide bonds. The standard InChI is InChI=1S/C14H25N3O2/c1-2-12(18)16-10-6-14(7-11-16,13(15)19)17-8-4-3-5-9-17/h2-11H2,1H3,(H2,15,19)/p+1. The number of carbonyl (C=O) groups excluding carboxylic acids is 2. The molecule has 0 aliphatic carbocycles. The first kappa shape index (κ1) is 14.3. The third kappa shape index (κ3) is 2.76. The van der Waals surface area contributed by atoms with Gasteiger partial charge < -0.3 is 15.5 Å². The summed E-state index contributed by atoms with van der Waals surface area (Å²) >= 11 is 0. The summed E-state index contributed by atoms with van der Waals surface area (Å²) in [4.78, 5) is 27.0. The second-order valence-corrected chi connectivity index (χ2v) is 5.84. The number of hydrogen-bond acceptors (Lipinski definition) is 2. The van der Waals surface area contributed by atoms with Gasteiger partial charge in [0, 0.05) is 32.4 Å². The molecule has 2 fully saturated rings. The predicted octanol–water partition coefficient (Wildman–Crippen LogP) is -0.688. The lowest BCUT2D eigenvalue weighted by molar-refractivity contribution is -0.948. The average molecular weight is 268 g/mol. The molecule has 0 saturated carbocycles. The van der Waals surface area contributed by atoms with Crippen molar-refractivity contribution in [1.29, 1.82) is 0 Å². The molecule has 2 heterocycles. The van der Waals surface area contributed by atoms with Gasteiger partial charge in [0.1, 0.15) is 0 Å². The van der Waals surface area contributed by atoms with Crippen LogP contribution in [0.5, 0.6) is 0 Å². The third-order valence-corrected chi connectivity index (χ3v) is 4.88. The summed E-state index contributed by atoms with van der Waals surface area (Å²) in [5, 5.41) is 0. The number of carbonyl (C=O) groups is 2. The Morgan fingerprint density at radius 2 is 1.74 bits per heavy atom. The zero-order valence-corrected chi connectivity index (χ0v) is 11.9. The zero-order valence-electron chi connectivity index (χ0n) is 11.9. The van der Waals surface area contributed by atoms with Gasteiger partial charge in [-0.25, -0.2) is 0 Å². The molecule has 2 aliphatic heterocycles. The Morgan fingerprint density at radius 3 is 2.21 bits per heavy atom. The highest BCUT2D eigenvalue weighted by atomic mass is 16.2. The molecule has 0 aromatic rings. The number of primary amides is 1. The zero-order chi connectivity index (χ0) is 13.9. The highest BCUT2D eigenvalue weighted by Crippen LogP contribution is 2.21. The number of quaternary nitrogens is 1. The molecular weight excluding hydrogens is 242 g/mol. The molecular formula is C14H26N3O2+. The van der Waals surface area contributed by atoms with Crippen LogP contribution in [0.3, 0.4) is 0 Å². The van der Waals surface area contributed by atoms with Gasteiger partial charge in [0.05, 0.1) is 13.1 Å². The first-order valence-electron chi connectivity index (χ1n) is 7.53. The molecule has 5 nitrogen and oxygen atoms in total. The minimum absolute atomic E-state index is 0.173. The first-order valence-corrected chi connectivity index (χ1v) is 7.53. The molecule has 0 unspecified atom stereocenters. The molecule has 0 atom stereocenters. The van der Waals surface area contributed by atoms with E-state index in [1.165, 1.54) is 24.2 Å². The van der Waals surface area contributed by atoms with Gasteiger partial charge in [0.25, 0.3) is 5.91 Å². The van der Waals surface area contributed by atoms with Crippen LogP contribution in [0.2, 0.25) is 0 Å². The van der Waals surface area contributed by atoms with E-state index in [0.717, 1.165) is 25.9 Å². The van der Waals surface area contributed by atoms with Gasteiger partial charge >= 0.3 is 0 Å². The fraction of sp³-hybridized carbons (Fsp3) is 0.857. The average Bonchev–Trinajstić information content (AvgIpc) is 2.47. The summed E-state index contributed by atoms with van der Waals surface area (Å²) in [7, 11) is 0. The smallest absolute Gasteiger partial charge is 0.278 e. The minimum Gasteiger partial charge on any atom is -0.364 e. The predicted molar refractivity (Wildman–Crippen MR) is 72.6 cm³/mol. The number of likely N-dealkylation sites (tertiary alicyclic amines) is 2. The van der Waals surface area contributed by atoms with E-state index in [9.17, 15) is 9.59 Å². The quantitative estimate of drug-likeness (QED) is 0.711. The van der Waals surface area contributed by atoms with E-state index in [4.69, 9.17) is 5.73 Å². The van der Waals surface area contributed by atoms with E-state index in [-0.39, 0.29) is 11.8 Å². The van der Waals surface area contributed by atoms with Crippen molar-refractivity contribution in [3.63, 3.8) is 0 Å². The van der Waals surface area contributed by atoms with Gasteiger partial charge in [-0.1, -0.05) is 6.92 Å². The van der Waals surface area contributed by atoms with Crippen LogP contribution in [0.4, 0.5) is 0 Å². The van der Waals surface area contributed by atoms with E-state index < -0.39 is 5.54 Å². The molecule has 0 radical (unpaired) electrons. The van der Waals surface area contributed by atoms with Crippen LogP contribution in [0.25, 0.3) is 0 Å². The lowest BCUT2D eigenvalue weighted by atomic mass is 9.83. The Hall–Kier alpha value is -1.10. The number of piperidine rings is 2. The normalized spacial score (nSPS) is 24.2. The van der Waals surface area contributed by atoms with Crippen LogP contribution in [-0.4, -0.2) is 48.4 Å². The van der Waals surface area contributed by atoms with Crippen molar-refractivity contribution in [2.45, 2.75) is 51.0 Å². The maximum absolute atomic E-state index is 12.0. The summed E-state index contributed by atoms with van der Waals surface area (Å²) in [6.07, 6.45) is 5.62. The van der Waals surface area contributed by atoms with Crippen LogP contribution in [0.15, 0.2) is 0 Å². The largest absolute Gasteiger partial charge is 0.364 e. The molecule has 0 aromatic carbocycles. The van der Waals surface area contributed by atoms with Crippen LogP contribution in [0, 0.1) is 0 Å². The van der Waals surface area contributed by atoms with E-state index in [1.807, 2.05) is 11.8 Å². The van der Waals surface area contributed by atoms with Crippen molar-refractivity contribution < 1.29 is 14.5 Å². The third-order valence-electron chi connectivity index (χ3n) is 4.88. The highest BCUT2D eigenvalue weighted by molar-refractivity contribution is 5.84. The summed E-state index contributed by atoms with van der Waals surface area (Å²) in [6.45, 7) is 5.34. The van der Waals surface area contributed by atoms with Crippen molar-refractivity contribution in [2.24, 2.45) is 5.73 Å². The summed E-state index contributed by atoms with van der Waals surface area (Å²) < 4.78 is 0. The van der Waals surface area contributed by atoms with E-state index in [1.54, 1.807) is 0 Å². The molecule has 19 heavy (non-hydrogen) atoms. The fourth-order valence-corrected chi connectivity index (χ4v) is 3.59. The lowest BCUT2D eigenvalue weighted by Crippen LogP contribution is -3.22. The molecule has 3 N–H and O–H groups in total. The van der Waals surface area contributed by atoms with Gasteiger partial charge in [-0.3, -0.25) is 9.59 Å². The van der Waals surface area contributed by atoms with Crippen LogP contribution >= 0.6 is 0 Å². The number of hydrogen-bond donors (Lipinski definition) is 2. The van der Waals surface area contributed by atoms with Crippen molar-refractivity contribution in [2.75, 3.05) is 26.2 Å². The second-order valence-electron chi connectivity index (χ2n) is 5.84. The Kier molecular flexibility index (Phi) is 4.45. The van der Waals surface area contributed by atoms with E-state index in [0.29, 0.717) is 19.5 Å². The molecule has 0 bridgehead atoms. The van der Waals surface area contributed by atoms with Crippen LogP contribution in [0.1, 0.15) is 45.4 Å². The monoisotopic (exact) mass is 268 g/mol. The molecule has 5 heteroatoms. The van der Waals surface area contributed by atoms with Gasteiger partial charge in [-0.05, 0) is 19.3 Å². The fourth-order valence-electron chi connectivity index (χ4n) is 3.59. The van der Waals surface area contributed by atoms with Crippen molar-refractivity contribution in [3.8, 4) is 0 Å². The number of nitrogens with one attached hydrogen (secondary N) is 1. The topological polar surface area (TPSA) is 67.8 Å². The maximum atomic E-state index is 12.0. The van der Waals surface area contributed by atoms with Crippen LogP contribution < -0.4 is 10.6 Å². The van der Waals surface area contributed by atoms with Gasteiger partial charge in [-0.2, -0.15) is 0 Å². The number of nitrogens with zero attached hydrogens (tertiary/aromatic N) is 1. The number of rotatable bonds is 3. The Labute approximate surface area is 115 Å². The molecule has 2 saturated heterocycles. The van der Waals surface area contributed by atoms with E-state index in [2.05, 4.69) is 0 Å². The van der Waals surface area contributed by atoms with E-state index >= 15 is 0 Å². The SMILES string of the molecule is CCC(=O)N1CCC(C(N)=O)([NH+]2CCCCC2)CC1. The highest BCUT2D eigenvalue weighted by Gasteiger charge is 2.49. The summed E-state index contributed by atoms with van der Waals surface area (Å²) in [5.74, 6) is 0.0136. The lowest BCUT2D eigenvalue weighted by Gasteiger charge is -2.45. The van der Waals surface area contributed by atoms with Crippen molar-refractivity contribution in [1.82, 2.24) is 4.90 Å². The molecule has 108 valence electrons.